The molecule has 0 atom stereocenters. The molecule has 1 saturated heterocycles. The number of rotatable bonds is 2. The molecule has 0 unspecified atom stereocenters. The quantitative estimate of drug-likeness (QED) is 0.879. The molecule has 0 aromatic heterocycles. The maximum Gasteiger partial charge on any atom is 0.230 e. The molecule has 138 valence electrons. The Bertz CT molecular complexity index is 740. The minimum absolute atomic E-state index is 0. The molecule has 2 heterocycles. The number of amides is 1. The van der Waals surface area contributed by atoms with Crippen LogP contribution in [0.4, 0.5) is 0 Å². The van der Waals surface area contributed by atoms with Gasteiger partial charge in [-0.2, -0.15) is 0 Å². The number of halogens is 1. The van der Waals surface area contributed by atoms with Crippen molar-refractivity contribution >= 4 is 18.3 Å². The summed E-state index contributed by atoms with van der Waals surface area (Å²) in [6.07, 6.45) is 1.42. The monoisotopic (exact) mass is 372 g/mol. The SMILES string of the molecule is Cl.NCC1(C(=O)N2Cc3ccccc3-c3ccccc3C2)CCOCC1. The molecule has 0 bridgehead atoms. The molecule has 2 aliphatic rings. The normalized spacial score (nSPS) is 18.1. The first-order valence-electron chi connectivity index (χ1n) is 8.97. The fraction of sp³-hybridized carbons (Fsp3) is 0.381. The van der Waals surface area contributed by atoms with Gasteiger partial charge in [0.15, 0.2) is 0 Å². The summed E-state index contributed by atoms with van der Waals surface area (Å²) in [5.41, 5.74) is 10.4. The number of nitrogens with zero attached hydrogens (tertiary/aromatic N) is 1. The summed E-state index contributed by atoms with van der Waals surface area (Å²) >= 11 is 0. The molecule has 26 heavy (non-hydrogen) atoms. The standard InChI is InChI=1S/C21H24N2O2.ClH/c22-15-21(9-11-25-12-10-21)20(24)23-13-16-5-1-3-7-18(16)19-8-4-2-6-17(19)14-23;/h1-8H,9-15,22H2;1H. The van der Waals surface area contributed by atoms with E-state index in [1.807, 2.05) is 17.0 Å². The van der Waals surface area contributed by atoms with Crippen LogP contribution in [0.5, 0.6) is 0 Å². The predicted molar refractivity (Wildman–Crippen MR) is 105 cm³/mol. The second kappa shape index (κ2) is 7.78. The van der Waals surface area contributed by atoms with Crippen molar-refractivity contribution in [2.75, 3.05) is 19.8 Å². The van der Waals surface area contributed by atoms with Gasteiger partial charge >= 0.3 is 0 Å². The molecule has 2 aliphatic heterocycles. The van der Waals surface area contributed by atoms with Gasteiger partial charge in [0.25, 0.3) is 0 Å². The highest BCUT2D eigenvalue weighted by molar-refractivity contribution is 5.85. The zero-order valence-electron chi connectivity index (χ0n) is 14.8. The number of carbonyl (C=O) groups is 1. The van der Waals surface area contributed by atoms with Gasteiger partial charge in [0.2, 0.25) is 5.91 Å². The lowest BCUT2D eigenvalue weighted by molar-refractivity contribution is -0.148. The average Bonchev–Trinajstić information content (AvgIpc) is 2.85. The molecule has 0 spiro atoms. The van der Waals surface area contributed by atoms with Gasteiger partial charge in [0, 0.05) is 32.8 Å². The van der Waals surface area contributed by atoms with Gasteiger partial charge < -0.3 is 15.4 Å². The van der Waals surface area contributed by atoms with E-state index in [-0.39, 0.29) is 18.3 Å². The van der Waals surface area contributed by atoms with Crippen molar-refractivity contribution in [3.8, 4) is 11.1 Å². The zero-order chi connectivity index (χ0) is 17.3. The number of benzene rings is 2. The second-order valence-electron chi connectivity index (χ2n) is 7.07. The van der Waals surface area contributed by atoms with E-state index in [4.69, 9.17) is 10.5 Å². The molecule has 0 radical (unpaired) electrons. The van der Waals surface area contributed by atoms with Crippen molar-refractivity contribution in [3.05, 3.63) is 59.7 Å². The van der Waals surface area contributed by atoms with Gasteiger partial charge in [0.05, 0.1) is 5.41 Å². The number of hydrogen-bond donors (Lipinski definition) is 1. The average molecular weight is 373 g/mol. The van der Waals surface area contributed by atoms with Gasteiger partial charge in [-0.05, 0) is 35.1 Å². The Morgan fingerprint density at radius 3 is 1.96 bits per heavy atom. The summed E-state index contributed by atoms with van der Waals surface area (Å²) in [7, 11) is 0. The molecular weight excluding hydrogens is 348 g/mol. The van der Waals surface area contributed by atoms with Crippen LogP contribution in [0.3, 0.4) is 0 Å². The zero-order valence-corrected chi connectivity index (χ0v) is 15.6. The van der Waals surface area contributed by atoms with E-state index < -0.39 is 5.41 Å². The van der Waals surface area contributed by atoms with E-state index in [9.17, 15) is 4.79 Å². The Morgan fingerprint density at radius 1 is 0.962 bits per heavy atom. The molecule has 4 nitrogen and oxygen atoms in total. The predicted octanol–water partition coefficient (Wildman–Crippen LogP) is 3.37. The fourth-order valence-corrected chi connectivity index (χ4v) is 4.06. The maximum atomic E-state index is 13.5. The van der Waals surface area contributed by atoms with Gasteiger partial charge in [-0.1, -0.05) is 48.5 Å². The Morgan fingerprint density at radius 2 is 1.46 bits per heavy atom. The van der Waals surface area contributed by atoms with Crippen molar-refractivity contribution in [1.82, 2.24) is 4.90 Å². The van der Waals surface area contributed by atoms with Crippen molar-refractivity contribution < 1.29 is 9.53 Å². The summed E-state index contributed by atoms with van der Waals surface area (Å²) < 4.78 is 5.47. The lowest BCUT2D eigenvalue weighted by atomic mass is 9.78. The van der Waals surface area contributed by atoms with Gasteiger partial charge in [-0.25, -0.2) is 0 Å². The first kappa shape index (κ1) is 18.9. The molecule has 4 rings (SSSR count). The third kappa shape index (κ3) is 3.25. The maximum absolute atomic E-state index is 13.5. The molecule has 2 aromatic carbocycles. The van der Waals surface area contributed by atoms with Crippen LogP contribution in [-0.2, 0) is 22.6 Å². The molecule has 0 saturated carbocycles. The summed E-state index contributed by atoms with van der Waals surface area (Å²) in [6, 6.07) is 16.8. The van der Waals surface area contributed by atoms with Crippen molar-refractivity contribution in [1.29, 1.82) is 0 Å². The van der Waals surface area contributed by atoms with E-state index in [0.717, 1.165) is 0 Å². The van der Waals surface area contributed by atoms with Crippen LogP contribution in [0.2, 0.25) is 0 Å². The van der Waals surface area contributed by atoms with Crippen LogP contribution in [0, 0.1) is 5.41 Å². The number of carbonyl (C=O) groups excluding carboxylic acids is 1. The lowest BCUT2D eigenvalue weighted by Crippen LogP contribution is -2.50. The van der Waals surface area contributed by atoms with Crippen LogP contribution in [0.25, 0.3) is 11.1 Å². The number of hydrogen-bond acceptors (Lipinski definition) is 3. The van der Waals surface area contributed by atoms with Gasteiger partial charge in [-0.15, -0.1) is 12.4 Å². The lowest BCUT2D eigenvalue weighted by Gasteiger charge is -2.38. The summed E-state index contributed by atoms with van der Waals surface area (Å²) in [4.78, 5) is 15.5. The summed E-state index contributed by atoms with van der Waals surface area (Å²) in [5.74, 6) is 0.171. The third-order valence-electron chi connectivity index (χ3n) is 5.63. The van der Waals surface area contributed by atoms with E-state index in [2.05, 4.69) is 36.4 Å². The Labute approximate surface area is 160 Å². The van der Waals surface area contributed by atoms with E-state index >= 15 is 0 Å². The van der Waals surface area contributed by atoms with Crippen molar-refractivity contribution in [2.45, 2.75) is 25.9 Å². The Kier molecular flexibility index (Phi) is 5.66. The molecule has 1 fully saturated rings. The number of ether oxygens (including phenoxy) is 1. The first-order chi connectivity index (χ1) is 12.2. The van der Waals surface area contributed by atoms with Crippen LogP contribution in [-0.4, -0.2) is 30.6 Å². The number of fused-ring (bicyclic) bond motifs is 3. The highest BCUT2D eigenvalue weighted by Gasteiger charge is 2.42. The molecule has 1 amide bonds. The second-order valence-corrected chi connectivity index (χ2v) is 7.07. The van der Waals surface area contributed by atoms with Crippen LogP contribution < -0.4 is 5.73 Å². The van der Waals surface area contributed by atoms with E-state index in [0.29, 0.717) is 45.7 Å². The molecular formula is C21H25ClN2O2. The highest BCUT2D eigenvalue weighted by Crippen LogP contribution is 2.37. The van der Waals surface area contributed by atoms with Crippen LogP contribution >= 0.6 is 12.4 Å². The van der Waals surface area contributed by atoms with Gasteiger partial charge in [0.1, 0.15) is 0 Å². The van der Waals surface area contributed by atoms with Crippen LogP contribution in [0.1, 0.15) is 24.0 Å². The number of nitrogens with two attached hydrogens (primary N) is 1. The van der Waals surface area contributed by atoms with Crippen molar-refractivity contribution in [2.24, 2.45) is 11.1 Å². The largest absolute Gasteiger partial charge is 0.381 e. The Balaban J connectivity index is 0.00000196. The van der Waals surface area contributed by atoms with Gasteiger partial charge in [-0.3, -0.25) is 4.79 Å². The fourth-order valence-electron chi connectivity index (χ4n) is 4.06. The highest BCUT2D eigenvalue weighted by atomic mass is 35.5. The topological polar surface area (TPSA) is 55.6 Å². The molecule has 2 N–H and O–H groups in total. The minimum atomic E-state index is -0.480. The minimum Gasteiger partial charge on any atom is -0.381 e. The molecule has 5 heteroatoms. The third-order valence-corrected chi connectivity index (χ3v) is 5.63. The molecule has 0 aliphatic carbocycles. The van der Waals surface area contributed by atoms with Crippen LogP contribution in [0.15, 0.2) is 48.5 Å². The summed E-state index contributed by atoms with van der Waals surface area (Å²) in [6.45, 7) is 2.88. The smallest absolute Gasteiger partial charge is 0.230 e. The van der Waals surface area contributed by atoms with E-state index in [1.54, 1.807) is 0 Å². The van der Waals surface area contributed by atoms with Crippen molar-refractivity contribution in [3.63, 3.8) is 0 Å². The Hall–Kier alpha value is -1.88. The first-order valence-corrected chi connectivity index (χ1v) is 8.97. The summed E-state index contributed by atoms with van der Waals surface area (Å²) in [5, 5.41) is 0. The van der Waals surface area contributed by atoms with E-state index in [1.165, 1.54) is 22.3 Å². The molecule has 2 aromatic rings.